The molecule has 2 aliphatic heterocycles. The van der Waals surface area contributed by atoms with Gasteiger partial charge in [-0.1, -0.05) is 0 Å². The van der Waals surface area contributed by atoms with E-state index in [4.69, 9.17) is 4.74 Å². The zero-order valence-electron chi connectivity index (χ0n) is 18.3. The zero-order valence-corrected chi connectivity index (χ0v) is 19.1. The largest absolute Gasteiger partial charge is 0.375 e. The van der Waals surface area contributed by atoms with Gasteiger partial charge in [-0.2, -0.15) is 9.29 Å². The molecule has 32 heavy (non-hydrogen) atoms. The summed E-state index contributed by atoms with van der Waals surface area (Å²) in [6.07, 6.45) is 3.06. The number of benzene rings is 1. The summed E-state index contributed by atoms with van der Waals surface area (Å²) in [4.78, 5) is 25.5. The van der Waals surface area contributed by atoms with E-state index >= 15 is 0 Å². The predicted molar refractivity (Wildman–Crippen MR) is 122 cm³/mol. The number of nitrogens with one attached hydrogen (secondary N) is 1. The Balaban J connectivity index is 1.37. The van der Waals surface area contributed by atoms with Crippen molar-refractivity contribution in [2.75, 3.05) is 62.3 Å². The van der Waals surface area contributed by atoms with Gasteiger partial charge in [-0.05, 0) is 37.3 Å². The van der Waals surface area contributed by atoms with Crippen LogP contribution in [0.2, 0.25) is 0 Å². The van der Waals surface area contributed by atoms with E-state index in [9.17, 15) is 13.2 Å². The average Bonchev–Trinajstić information content (AvgIpc) is 2.79. The number of sulfonamides is 1. The van der Waals surface area contributed by atoms with Crippen molar-refractivity contribution in [3.63, 3.8) is 0 Å². The molecule has 1 amide bonds. The molecular weight excluding hydrogens is 432 g/mol. The minimum Gasteiger partial charge on any atom is -0.375 e. The maximum atomic E-state index is 12.8. The lowest BCUT2D eigenvalue weighted by Gasteiger charge is -2.33. The first-order chi connectivity index (χ1) is 15.3. The minimum absolute atomic E-state index is 0.101. The van der Waals surface area contributed by atoms with Crippen LogP contribution in [0.25, 0.3) is 0 Å². The molecule has 172 valence electrons. The molecule has 1 aromatic carbocycles. The van der Waals surface area contributed by atoms with E-state index in [2.05, 4.69) is 20.2 Å². The van der Waals surface area contributed by atoms with Crippen LogP contribution >= 0.6 is 0 Å². The van der Waals surface area contributed by atoms with Gasteiger partial charge in [0.1, 0.15) is 5.82 Å². The monoisotopic (exact) mass is 460 g/mol. The van der Waals surface area contributed by atoms with Gasteiger partial charge in [-0.3, -0.25) is 4.79 Å². The van der Waals surface area contributed by atoms with Gasteiger partial charge in [-0.25, -0.2) is 13.4 Å². The van der Waals surface area contributed by atoms with E-state index in [1.54, 1.807) is 29.3 Å². The van der Waals surface area contributed by atoms with Crippen LogP contribution in [0, 0.1) is 0 Å². The van der Waals surface area contributed by atoms with Gasteiger partial charge in [-0.15, -0.1) is 0 Å². The van der Waals surface area contributed by atoms with Gasteiger partial charge in [0.15, 0.2) is 0 Å². The summed E-state index contributed by atoms with van der Waals surface area (Å²) in [5.74, 6) is 1.23. The topological polar surface area (TPSA) is 108 Å². The van der Waals surface area contributed by atoms with E-state index in [1.165, 1.54) is 10.6 Å². The molecule has 2 fully saturated rings. The second-order valence-electron chi connectivity index (χ2n) is 8.03. The quantitative estimate of drug-likeness (QED) is 0.708. The van der Waals surface area contributed by atoms with Crippen molar-refractivity contribution < 1.29 is 17.9 Å². The molecular formula is C21H28N6O4S. The molecule has 0 aliphatic carbocycles. The third-order valence-corrected chi connectivity index (χ3v) is 6.87. The number of piperazine rings is 1. The summed E-state index contributed by atoms with van der Waals surface area (Å²) in [6.45, 7) is 5.60. The Morgan fingerprint density at radius 3 is 2.47 bits per heavy atom. The molecule has 2 aromatic rings. The van der Waals surface area contributed by atoms with Gasteiger partial charge in [0.2, 0.25) is 16.0 Å². The fourth-order valence-electron chi connectivity index (χ4n) is 3.82. The van der Waals surface area contributed by atoms with Crippen LogP contribution in [0.4, 0.5) is 17.5 Å². The third-order valence-electron chi connectivity index (χ3n) is 5.57. The number of rotatable bonds is 5. The van der Waals surface area contributed by atoms with E-state index in [0.717, 1.165) is 18.8 Å². The molecule has 4 rings (SSSR count). The van der Waals surface area contributed by atoms with E-state index in [0.29, 0.717) is 50.1 Å². The summed E-state index contributed by atoms with van der Waals surface area (Å²) >= 11 is 0. The van der Waals surface area contributed by atoms with Crippen molar-refractivity contribution in [1.82, 2.24) is 19.2 Å². The normalized spacial score (nSPS) is 20.2. The molecule has 0 saturated carbocycles. The maximum Gasteiger partial charge on any atom is 0.253 e. The second kappa shape index (κ2) is 9.39. The first-order valence-corrected chi connectivity index (χ1v) is 12.5. The SMILES string of the molecule is C[C@@H]1CN(c2nccc(Nc3ccc(C(=O)N4CCN(S(C)(=O)=O)CC4)cc3)n2)CCO1. The number of ether oxygens (including phenoxy) is 1. The molecule has 0 bridgehead atoms. The van der Waals surface area contributed by atoms with Gasteiger partial charge < -0.3 is 19.9 Å². The van der Waals surface area contributed by atoms with Crippen molar-refractivity contribution in [3.8, 4) is 0 Å². The zero-order chi connectivity index (χ0) is 22.7. The van der Waals surface area contributed by atoms with Gasteiger partial charge in [0, 0.05) is 56.7 Å². The molecule has 0 radical (unpaired) electrons. The third kappa shape index (κ3) is 5.34. The molecule has 10 nitrogen and oxygen atoms in total. The Hall–Kier alpha value is -2.76. The Morgan fingerprint density at radius 2 is 1.81 bits per heavy atom. The van der Waals surface area contributed by atoms with Crippen LogP contribution in [0.15, 0.2) is 36.5 Å². The van der Waals surface area contributed by atoms with Crippen molar-refractivity contribution >= 4 is 33.4 Å². The minimum atomic E-state index is -3.22. The molecule has 0 unspecified atom stereocenters. The van der Waals surface area contributed by atoms with E-state index in [1.807, 2.05) is 19.1 Å². The number of anilines is 3. The molecule has 1 N–H and O–H groups in total. The van der Waals surface area contributed by atoms with Crippen LogP contribution in [0.3, 0.4) is 0 Å². The van der Waals surface area contributed by atoms with Gasteiger partial charge in [0.05, 0.1) is 19.0 Å². The Kier molecular flexibility index (Phi) is 6.58. The number of carbonyl (C=O) groups is 1. The highest BCUT2D eigenvalue weighted by atomic mass is 32.2. The lowest BCUT2D eigenvalue weighted by Crippen LogP contribution is -2.50. The van der Waals surface area contributed by atoms with Crippen LogP contribution in [-0.2, 0) is 14.8 Å². The molecule has 3 heterocycles. The lowest BCUT2D eigenvalue weighted by molar-refractivity contribution is 0.0526. The first-order valence-electron chi connectivity index (χ1n) is 10.6. The molecule has 1 aromatic heterocycles. The number of hydrogen-bond donors (Lipinski definition) is 1. The van der Waals surface area contributed by atoms with Crippen LogP contribution in [0.1, 0.15) is 17.3 Å². The van der Waals surface area contributed by atoms with Gasteiger partial charge in [0.25, 0.3) is 5.91 Å². The highest BCUT2D eigenvalue weighted by molar-refractivity contribution is 7.88. The number of morpholine rings is 1. The predicted octanol–water partition coefficient (Wildman–Crippen LogP) is 1.16. The van der Waals surface area contributed by atoms with Gasteiger partial charge >= 0.3 is 0 Å². The van der Waals surface area contributed by atoms with Crippen molar-refractivity contribution in [2.24, 2.45) is 0 Å². The smallest absolute Gasteiger partial charge is 0.253 e. The summed E-state index contributed by atoms with van der Waals surface area (Å²) in [5.41, 5.74) is 1.37. The van der Waals surface area contributed by atoms with E-state index in [-0.39, 0.29) is 12.0 Å². The second-order valence-corrected chi connectivity index (χ2v) is 10.0. The fraction of sp³-hybridized carbons (Fsp3) is 0.476. The molecule has 1 atom stereocenters. The number of amides is 1. The molecule has 2 saturated heterocycles. The molecule has 0 spiro atoms. The lowest BCUT2D eigenvalue weighted by atomic mass is 10.1. The highest BCUT2D eigenvalue weighted by Crippen LogP contribution is 2.20. The van der Waals surface area contributed by atoms with Crippen molar-refractivity contribution in [1.29, 1.82) is 0 Å². The van der Waals surface area contributed by atoms with Crippen LogP contribution in [0.5, 0.6) is 0 Å². The standard InChI is InChI=1S/C21H28N6O4S/c1-16-15-26(13-14-31-16)21-22-8-7-19(24-21)23-18-5-3-17(4-6-18)20(28)25-9-11-27(12-10-25)32(2,29)30/h3-8,16H,9-15H2,1-2H3,(H,22,23,24)/t16-/m1/s1. The maximum absolute atomic E-state index is 12.8. The molecule has 2 aliphatic rings. The summed E-state index contributed by atoms with van der Waals surface area (Å²) in [6, 6.07) is 8.99. The number of aromatic nitrogens is 2. The summed E-state index contributed by atoms with van der Waals surface area (Å²) in [5, 5.41) is 3.26. The Morgan fingerprint density at radius 1 is 1.09 bits per heavy atom. The average molecular weight is 461 g/mol. The van der Waals surface area contributed by atoms with Crippen molar-refractivity contribution in [2.45, 2.75) is 13.0 Å². The summed E-state index contributed by atoms with van der Waals surface area (Å²) < 4.78 is 30.3. The number of nitrogens with zero attached hydrogens (tertiary/aromatic N) is 5. The number of carbonyl (C=O) groups excluding carboxylic acids is 1. The fourth-order valence-corrected chi connectivity index (χ4v) is 4.65. The van der Waals surface area contributed by atoms with Crippen molar-refractivity contribution in [3.05, 3.63) is 42.1 Å². The summed E-state index contributed by atoms with van der Waals surface area (Å²) in [7, 11) is -3.22. The molecule has 11 heteroatoms. The van der Waals surface area contributed by atoms with Crippen LogP contribution in [-0.4, -0.2) is 91.7 Å². The number of hydrogen-bond acceptors (Lipinski definition) is 8. The Labute approximate surface area is 188 Å². The van der Waals surface area contributed by atoms with E-state index < -0.39 is 10.0 Å². The van der Waals surface area contributed by atoms with Crippen LogP contribution < -0.4 is 10.2 Å². The Bertz CT molecular complexity index is 1050. The first kappa shape index (κ1) is 22.4. The highest BCUT2D eigenvalue weighted by Gasteiger charge is 2.26.